The number of unbranched alkanes of at least 4 members (excludes halogenated alkanes) is 2. The maximum Gasteiger partial charge on any atom is 0.132 e. The van der Waals surface area contributed by atoms with Crippen molar-refractivity contribution in [3.05, 3.63) is 0 Å². The molecule has 15 heteroatoms. The van der Waals surface area contributed by atoms with Crippen molar-refractivity contribution < 1.29 is 71.1 Å². The van der Waals surface area contributed by atoms with Gasteiger partial charge in [0.05, 0.1) is 63.7 Å². The molecule has 0 N–H and O–H groups in total. The summed E-state index contributed by atoms with van der Waals surface area (Å²) >= 11 is 0. The molecule has 0 amide bonds. The fourth-order valence-electron chi connectivity index (χ4n) is 6.36. The molecule has 0 fully saturated rings. The van der Waals surface area contributed by atoms with Crippen molar-refractivity contribution in [2.75, 3.05) is 188 Å². The molecule has 0 aromatic carbocycles. The molecule has 0 saturated heterocycles. The van der Waals surface area contributed by atoms with Gasteiger partial charge in [0.25, 0.3) is 0 Å². The highest BCUT2D eigenvalue weighted by Gasteiger charge is 2.34. The zero-order valence-electron chi connectivity index (χ0n) is 39.2. The average Bonchev–Trinajstić information content (AvgIpc) is 3.24. The Morgan fingerprint density at radius 3 is 0.817 bits per heavy atom. The number of rotatable bonds is 51. The molecule has 60 heavy (non-hydrogen) atoms. The summed E-state index contributed by atoms with van der Waals surface area (Å²) in [6.07, 6.45) is 9.97. The van der Waals surface area contributed by atoms with Crippen LogP contribution in [0.4, 0.5) is 0 Å². The van der Waals surface area contributed by atoms with E-state index in [9.17, 15) is 4.79 Å². The smallest absolute Gasteiger partial charge is 0.132 e. The fraction of sp³-hybridized carbons (Fsp3) is 0.978. The van der Waals surface area contributed by atoms with Crippen LogP contribution in [0.2, 0.25) is 0 Å². The van der Waals surface area contributed by atoms with Gasteiger partial charge >= 0.3 is 0 Å². The van der Waals surface area contributed by atoms with E-state index in [0.717, 1.165) is 77.0 Å². The Hall–Kier alpha value is -0.890. The normalized spacial score (nSPS) is 12.8. The third-order valence-electron chi connectivity index (χ3n) is 9.85. The summed E-state index contributed by atoms with van der Waals surface area (Å²) in [5, 5.41) is 0. The van der Waals surface area contributed by atoms with Gasteiger partial charge in [0.1, 0.15) is 5.78 Å². The van der Waals surface area contributed by atoms with Gasteiger partial charge in [-0.2, -0.15) is 0 Å². The molecule has 0 heterocycles. The van der Waals surface area contributed by atoms with E-state index in [0.29, 0.717) is 145 Å². The van der Waals surface area contributed by atoms with Crippen LogP contribution in [0, 0.1) is 16.7 Å². The minimum atomic E-state index is -0.471. The Bertz CT molecular complexity index is 834. The number of hydrogen-bond acceptors (Lipinski definition) is 15. The highest BCUT2D eigenvalue weighted by Crippen LogP contribution is 2.24. The van der Waals surface area contributed by atoms with Crippen molar-refractivity contribution in [3.8, 4) is 0 Å². The Labute approximate surface area is 365 Å². The van der Waals surface area contributed by atoms with Gasteiger partial charge in [0.2, 0.25) is 0 Å². The molecule has 0 aliphatic carbocycles. The van der Waals surface area contributed by atoms with Crippen molar-refractivity contribution in [3.63, 3.8) is 0 Å². The molecule has 0 bridgehead atoms. The topological polar surface area (TPSA) is 146 Å². The number of methoxy groups -OCH3 is 6. The number of Topliss-reactive ketones (excluding diaryl/α,β-unsaturated/α-hetero) is 1. The molecule has 0 saturated carbocycles. The highest BCUT2D eigenvalue weighted by atomic mass is 16.5. The van der Waals surface area contributed by atoms with Gasteiger partial charge in [-0.1, -0.05) is 6.42 Å². The Morgan fingerprint density at radius 1 is 0.317 bits per heavy atom. The van der Waals surface area contributed by atoms with Crippen LogP contribution in [0.5, 0.6) is 0 Å². The second-order valence-corrected chi connectivity index (χ2v) is 15.8. The summed E-state index contributed by atoms with van der Waals surface area (Å²) < 4.78 is 80.6. The van der Waals surface area contributed by atoms with Crippen molar-refractivity contribution in [2.24, 2.45) is 16.7 Å². The van der Waals surface area contributed by atoms with Gasteiger partial charge < -0.3 is 66.3 Å². The molecule has 0 aliphatic heterocycles. The Balaban J connectivity index is 5.22. The fourth-order valence-corrected chi connectivity index (χ4v) is 6.36. The van der Waals surface area contributed by atoms with Crippen molar-refractivity contribution in [2.45, 2.75) is 84.0 Å². The lowest BCUT2D eigenvalue weighted by Crippen LogP contribution is -2.42. The second kappa shape index (κ2) is 44.7. The van der Waals surface area contributed by atoms with Crippen LogP contribution < -0.4 is 0 Å². The molecule has 0 aromatic heterocycles. The monoisotopic (exact) mass is 871 g/mol. The average molecular weight is 871 g/mol. The first kappa shape index (κ1) is 59.1. The first-order valence-corrected chi connectivity index (χ1v) is 22.4. The van der Waals surface area contributed by atoms with Crippen LogP contribution in [0.25, 0.3) is 0 Å². The second-order valence-electron chi connectivity index (χ2n) is 15.8. The van der Waals surface area contributed by atoms with E-state index in [1.165, 1.54) is 0 Å². The van der Waals surface area contributed by atoms with Crippen LogP contribution in [0.15, 0.2) is 0 Å². The van der Waals surface area contributed by atoms with Crippen LogP contribution >= 0.6 is 0 Å². The Morgan fingerprint density at radius 2 is 0.533 bits per heavy atom. The standard InChI is InChI=1S/C45H90O15/c1-42(46)43(18-8-9-26-53-34-45(39-58-31-15-23-50-5,40-59-32-16-24-51-6)41-60-33-17-25-52-7)19-12-28-55-36-44(37-56-29-13-21-48-3,38-57-30-14-22-49-4)35-54-27-11-10-20-47-2/h43H,8-41H2,1-7H3. The molecule has 0 radical (unpaired) electrons. The molecule has 360 valence electrons. The first-order chi connectivity index (χ1) is 29.4. The highest BCUT2D eigenvalue weighted by molar-refractivity contribution is 5.78. The lowest BCUT2D eigenvalue weighted by molar-refractivity contribution is -0.121. The zero-order chi connectivity index (χ0) is 44.1. The van der Waals surface area contributed by atoms with Crippen LogP contribution in [-0.2, 0) is 71.1 Å². The molecule has 0 spiro atoms. The van der Waals surface area contributed by atoms with E-state index < -0.39 is 10.8 Å². The summed E-state index contributed by atoms with van der Waals surface area (Å²) in [6, 6.07) is 0. The number of ketones is 1. The molecule has 1 unspecified atom stereocenters. The first-order valence-electron chi connectivity index (χ1n) is 22.4. The molecule has 0 aromatic rings. The number of hydrogen-bond donors (Lipinski definition) is 0. The number of ether oxygens (including phenoxy) is 14. The lowest BCUT2D eigenvalue weighted by Gasteiger charge is -2.33. The molecular weight excluding hydrogens is 780 g/mol. The van der Waals surface area contributed by atoms with E-state index in [4.69, 9.17) is 66.3 Å². The molecular formula is C45H90O15. The van der Waals surface area contributed by atoms with Crippen LogP contribution in [0.1, 0.15) is 84.0 Å². The largest absolute Gasteiger partial charge is 0.385 e. The van der Waals surface area contributed by atoms with Crippen molar-refractivity contribution >= 4 is 5.78 Å². The number of carbonyl (C=O) groups is 1. The van der Waals surface area contributed by atoms with Gasteiger partial charge in [0.15, 0.2) is 0 Å². The van der Waals surface area contributed by atoms with Gasteiger partial charge in [-0.15, -0.1) is 0 Å². The molecule has 0 aliphatic rings. The minimum Gasteiger partial charge on any atom is -0.385 e. The maximum absolute atomic E-state index is 12.7. The van der Waals surface area contributed by atoms with Gasteiger partial charge in [0, 0.05) is 141 Å². The Kier molecular flexibility index (Phi) is 44.0. The third-order valence-corrected chi connectivity index (χ3v) is 9.85. The van der Waals surface area contributed by atoms with E-state index in [2.05, 4.69) is 0 Å². The predicted molar refractivity (Wildman–Crippen MR) is 232 cm³/mol. The van der Waals surface area contributed by atoms with E-state index in [-0.39, 0.29) is 11.7 Å². The zero-order valence-corrected chi connectivity index (χ0v) is 39.2. The van der Waals surface area contributed by atoms with Crippen molar-refractivity contribution in [1.82, 2.24) is 0 Å². The minimum absolute atomic E-state index is 0.0254. The third kappa shape index (κ3) is 35.6. The summed E-state index contributed by atoms with van der Waals surface area (Å²) in [4.78, 5) is 12.7. The van der Waals surface area contributed by atoms with E-state index >= 15 is 0 Å². The molecule has 15 nitrogen and oxygen atoms in total. The summed E-state index contributed by atoms with van der Waals surface area (Å²) in [5.41, 5.74) is -0.934. The quantitative estimate of drug-likeness (QED) is 0.0673. The SMILES string of the molecule is COCCCCOCC(COCCCOC)(COCCCOC)COCCCC(CCCCOCC(COCCCOC)(COCCCOC)COCCCOC)C(C)=O. The van der Waals surface area contributed by atoms with Crippen LogP contribution in [-0.4, -0.2) is 194 Å². The molecule has 1 atom stereocenters. The van der Waals surface area contributed by atoms with E-state index in [1.807, 2.05) is 0 Å². The van der Waals surface area contributed by atoms with E-state index in [1.54, 1.807) is 49.6 Å². The lowest BCUT2D eigenvalue weighted by atomic mass is 9.91. The number of carbonyl (C=O) groups excluding carboxylic acids is 1. The van der Waals surface area contributed by atoms with Gasteiger partial charge in [-0.3, -0.25) is 4.79 Å². The van der Waals surface area contributed by atoms with Crippen molar-refractivity contribution in [1.29, 1.82) is 0 Å². The van der Waals surface area contributed by atoms with Crippen LogP contribution in [0.3, 0.4) is 0 Å². The van der Waals surface area contributed by atoms with Gasteiger partial charge in [-0.05, 0) is 77.6 Å². The molecule has 0 rings (SSSR count). The summed E-state index contributed by atoms with van der Waals surface area (Å²) in [6.45, 7) is 13.8. The summed E-state index contributed by atoms with van der Waals surface area (Å²) in [5.74, 6) is 0.185. The predicted octanol–water partition coefficient (Wildman–Crippen LogP) is 5.86. The van der Waals surface area contributed by atoms with Gasteiger partial charge in [-0.25, -0.2) is 0 Å². The summed E-state index contributed by atoms with van der Waals surface area (Å²) in [7, 11) is 10.2. The maximum atomic E-state index is 12.7.